The molecule has 0 bridgehead atoms. The molecule has 1 aromatic carbocycles. The minimum Gasteiger partial charge on any atom is -0.343 e. The number of aromatic nitrogens is 1. The number of nitrogens with zero attached hydrogens (tertiary/aromatic N) is 2. The van der Waals surface area contributed by atoms with Gasteiger partial charge in [0, 0.05) is 38.9 Å². The molecule has 0 saturated heterocycles. The first-order chi connectivity index (χ1) is 8.24. The van der Waals surface area contributed by atoms with Crippen LogP contribution >= 0.6 is 0 Å². The number of pyridine rings is 1. The van der Waals surface area contributed by atoms with Gasteiger partial charge in [-0.25, -0.2) is 0 Å². The Morgan fingerprint density at radius 1 is 1.50 bits per heavy atom. The van der Waals surface area contributed by atoms with Gasteiger partial charge in [0.25, 0.3) is 0 Å². The minimum absolute atomic E-state index is 0. The van der Waals surface area contributed by atoms with E-state index in [-0.39, 0.29) is 32.7 Å². The SMILES string of the molecule is Cc1c(C#N)cnc2c[c-]ccc12.[CH2-]CCC.[Y]. The van der Waals surface area contributed by atoms with Crippen molar-refractivity contribution in [3.63, 3.8) is 0 Å². The maximum atomic E-state index is 8.78. The van der Waals surface area contributed by atoms with Crippen LogP contribution in [0.3, 0.4) is 0 Å². The molecule has 0 fully saturated rings. The monoisotopic (exact) mass is 313 g/mol. The molecular weight excluding hydrogens is 297 g/mol. The first-order valence-corrected chi connectivity index (χ1v) is 5.69. The Morgan fingerprint density at radius 2 is 2.17 bits per heavy atom. The van der Waals surface area contributed by atoms with Gasteiger partial charge in [-0.1, -0.05) is 13.3 Å². The van der Waals surface area contributed by atoms with Crippen LogP contribution in [-0.2, 0) is 32.7 Å². The van der Waals surface area contributed by atoms with Gasteiger partial charge in [0.15, 0.2) is 0 Å². The molecule has 0 N–H and O–H groups in total. The van der Waals surface area contributed by atoms with E-state index in [9.17, 15) is 0 Å². The zero-order valence-corrected chi connectivity index (χ0v) is 13.7. The van der Waals surface area contributed by atoms with Crippen LogP contribution in [-0.4, -0.2) is 4.98 Å². The topological polar surface area (TPSA) is 36.7 Å². The fourth-order valence-corrected chi connectivity index (χ4v) is 1.33. The summed E-state index contributed by atoms with van der Waals surface area (Å²) >= 11 is 0. The largest absolute Gasteiger partial charge is 0.343 e. The van der Waals surface area contributed by atoms with E-state index in [0.717, 1.165) is 22.9 Å². The van der Waals surface area contributed by atoms with Crippen molar-refractivity contribution in [1.29, 1.82) is 5.26 Å². The quantitative estimate of drug-likeness (QED) is 0.750. The Bertz CT molecular complexity index is 527. The molecule has 0 aliphatic heterocycles. The molecular formula is C15H16N2Y-2. The van der Waals surface area contributed by atoms with Crippen molar-refractivity contribution >= 4 is 10.9 Å². The van der Waals surface area contributed by atoms with Crippen LogP contribution < -0.4 is 0 Å². The molecule has 2 aromatic rings. The van der Waals surface area contributed by atoms with Crippen LogP contribution in [0.25, 0.3) is 10.9 Å². The van der Waals surface area contributed by atoms with Crippen molar-refractivity contribution in [3.8, 4) is 6.07 Å². The predicted molar refractivity (Wildman–Crippen MR) is 70.3 cm³/mol. The van der Waals surface area contributed by atoms with Gasteiger partial charge in [0.1, 0.15) is 6.07 Å². The van der Waals surface area contributed by atoms with E-state index in [0.29, 0.717) is 5.56 Å². The van der Waals surface area contributed by atoms with Crippen molar-refractivity contribution < 1.29 is 32.7 Å². The molecule has 91 valence electrons. The molecule has 0 aliphatic carbocycles. The number of rotatable bonds is 1. The Kier molecular flexibility index (Phi) is 8.80. The predicted octanol–water partition coefficient (Wildman–Crippen LogP) is 3.83. The first-order valence-electron chi connectivity index (χ1n) is 5.69. The van der Waals surface area contributed by atoms with Crippen molar-refractivity contribution in [3.05, 3.63) is 48.5 Å². The fraction of sp³-hybridized carbons (Fsp3) is 0.267. The summed E-state index contributed by atoms with van der Waals surface area (Å²) < 4.78 is 0. The van der Waals surface area contributed by atoms with Crippen LogP contribution in [0.5, 0.6) is 0 Å². The molecule has 0 spiro atoms. The van der Waals surface area contributed by atoms with Gasteiger partial charge in [-0.3, -0.25) is 0 Å². The van der Waals surface area contributed by atoms with Crippen molar-refractivity contribution in [2.24, 2.45) is 0 Å². The third-order valence-electron chi connectivity index (χ3n) is 2.46. The summed E-state index contributed by atoms with van der Waals surface area (Å²) in [7, 11) is 0. The molecule has 1 radical (unpaired) electrons. The summed E-state index contributed by atoms with van der Waals surface area (Å²) in [6.45, 7) is 7.66. The van der Waals surface area contributed by atoms with Gasteiger partial charge in [0.05, 0.1) is 5.56 Å². The summed E-state index contributed by atoms with van der Waals surface area (Å²) in [5, 5.41) is 9.81. The Hall–Kier alpha value is -0.776. The standard InChI is InChI=1S/C11H7N2.C4H9.Y/c1-8-9(6-12)7-13-11-5-3-2-4-10(8)11;1-3-4-2;/h2,4-5,7H,1H3;1,3-4H2,2H3;/q2*-1;. The number of unbranched alkanes of at least 4 members (excludes halogenated alkanes) is 1. The molecule has 0 saturated carbocycles. The Morgan fingerprint density at radius 3 is 2.72 bits per heavy atom. The Balaban J connectivity index is 0.000000512. The molecule has 0 unspecified atom stereocenters. The molecule has 2 rings (SSSR count). The number of benzene rings is 1. The van der Waals surface area contributed by atoms with Crippen LogP contribution in [0.2, 0.25) is 0 Å². The van der Waals surface area contributed by atoms with Gasteiger partial charge < -0.3 is 11.9 Å². The summed E-state index contributed by atoms with van der Waals surface area (Å²) in [6.07, 6.45) is 3.88. The zero-order valence-electron chi connectivity index (χ0n) is 10.9. The van der Waals surface area contributed by atoms with E-state index in [4.69, 9.17) is 5.26 Å². The van der Waals surface area contributed by atoms with E-state index < -0.39 is 0 Å². The average Bonchev–Trinajstić information content (AvgIpc) is 2.40. The number of hydrogen-bond acceptors (Lipinski definition) is 2. The van der Waals surface area contributed by atoms with Crippen molar-refractivity contribution in [2.45, 2.75) is 26.7 Å². The molecule has 0 aliphatic rings. The summed E-state index contributed by atoms with van der Waals surface area (Å²) in [5.74, 6) is 0. The van der Waals surface area contributed by atoms with Gasteiger partial charge in [-0.2, -0.15) is 35.9 Å². The molecule has 1 aromatic heterocycles. The number of nitriles is 1. The second-order valence-electron chi connectivity index (χ2n) is 3.71. The molecule has 0 atom stereocenters. The first kappa shape index (κ1) is 17.2. The number of aryl methyl sites for hydroxylation is 1. The second kappa shape index (κ2) is 9.19. The van der Waals surface area contributed by atoms with E-state index in [1.165, 1.54) is 6.42 Å². The van der Waals surface area contributed by atoms with E-state index in [1.54, 1.807) is 6.20 Å². The van der Waals surface area contributed by atoms with E-state index in [2.05, 4.69) is 31.0 Å². The number of fused-ring (bicyclic) bond motifs is 1. The molecule has 3 heteroatoms. The van der Waals surface area contributed by atoms with Crippen LogP contribution in [0.1, 0.15) is 30.9 Å². The zero-order chi connectivity index (χ0) is 12.7. The maximum absolute atomic E-state index is 8.78. The summed E-state index contributed by atoms with van der Waals surface area (Å²) in [6, 6.07) is 10.7. The normalized spacial score (nSPS) is 8.78. The van der Waals surface area contributed by atoms with Crippen LogP contribution in [0.15, 0.2) is 24.4 Å². The van der Waals surface area contributed by atoms with Crippen molar-refractivity contribution in [2.75, 3.05) is 0 Å². The smallest absolute Gasteiger partial charge is 0.101 e. The molecule has 1 heterocycles. The van der Waals surface area contributed by atoms with E-state index >= 15 is 0 Å². The Labute approximate surface area is 134 Å². The van der Waals surface area contributed by atoms with Gasteiger partial charge in [-0.15, -0.1) is 5.39 Å². The fourth-order valence-electron chi connectivity index (χ4n) is 1.33. The van der Waals surface area contributed by atoms with Gasteiger partial charge in [0.2, 0.25) is 0 Å². The second-order valence-corrected chi connectivity index (χ2v) is 3.71. The number of hydrogen-bond donors (Lipinski definition) is 0. The third kappa shape index (κ3) is 4.48. The van der Waals surface area contributed by atoms with E-state index in [1.807, 2.05) is 25.1 Å². The van der Waals surface area contributed by atoms with Gasteiger partial charge >= 0.3 is 0 Å². The average molecular weight is 313 g/mol. The minimum atomic E-state index is 0. The molecule has 18 heavy (non-hydrogen) atoms. The summed E-state index contributed by atoms with van der Waals surface area (Å²) in [4.78, 5) is 4.16. The van der Waals surface area contributed by atoms with Crippen LogP contribution in [0.4, 0.5) is 0 Å². The maximum Gasteiger partial charge on any atom is 0.101 e. The van der Waals surface area contributed by atoms with Gasteiger partial charge in [-0.05, 0) is 18.0 Å². The summed E-state index contributed by atoms with van der Waals surface area (Å²) in [5.41, 5.74) is 2.51. The molecule has 0 amide bonds. The molecule has 2 nitrogen and oxygen atoms in total. The van der Waals surface area contributed by atoms with Crippen LogP contribution in [0, 0.1) is 31.2 Å². The van der Waals surface area contributed by atoms with Crippen molar-refractivity contribution in [1.82, 2.24) is 4.98 Å². The third-order valence-corrected chi connectivity index (χ3v) is 2.46.